The average Bonchev–Trinajstić information content (AvgIpc) is 2.70. The van der Waals surface area contributed by atoms with Gasteiger partial charge < -0.3 is 14.8 Å². The highest BCUT2D eigenvalue weighted by Crippen LogP contribution is 2.30. The summed E-state index contributed by atoms with van der Waals surface area (Å²) in [5.41, 5.74) is 0.224. The predicted molar refractivity (Wildman–Crippen MR) is 107 cm³/mol. The summed E-state index contributed by atoms with van der Waals surface area (Å²) in [6, 6.07) is 11.2. The molecule has 0 saturated carbocycles. The SMILES string of the molecule is CC[C@H](C(=O)NC[C@@H]1COc2ccccc2O1)N(c1ccc(F)cc1)S(C)(=O)=O. The zero-order chi connectivity index (χ0) is 21.0. The first-order valence-electron chi connectivity index (χ1n) is 9.20. The van der Waals surface area contributed by atoms with Crippen molar-refractivity contribution in [2.45, 2.75) is 25.5 Å². The molecule has 2 aromatic rings. The molecular weight excluding hydrogens is 399 g/mol. The highest BCUT2D eigenvalue weighted by molar-refractivity contribution is 7.92. The molecule has 1 amide bonds. The fourth-order valence-corrected chi connectivity index (χ4v) is 4.36. The van der Waals surface area contributed by atoms with Crippen LogP contribution in [0.15, 0.2) is 48.5 Å². The molecule has 1 aliphatic heterocycles. The lowest BCUT2D eigenvalue weighted by molar-refractivity contribution is -0.122. The number of hydrogen-bond acceptors (Lipinski definition) is 5. The number of nitrogens with one attached hydrogen (secondary N) is 1. The lowest BCUT2D eigenvalue weighted by atomic mass is 10.2. The van der Waals surface area contributed by atoms with Crippen LogP contribution in [0.5, 0.6) is 11.5 Å². The molecule has 156 valence electrons. The van der Waals surface area contributed by atoms with Crippen LogP contribution in [-0.4, -0.2) is 45.9 Å². The van der Waals surface area contributed by atoms with Crippen LogP contribution in [-0.2, 0) is 14.8 Å². The Kier molecular flexibility index (Phi) is 6.26. The third-order valence-electron chi connectivity index (χ3n) is 4.48. The van der Waals surface area contributed by atoms with Crippen molar-refractivity contribution in [3.8, 4) is 11.5 Å². The van der Waals surface area contributed by atoms with Gasteiger partial charge in [-0.2, -0.15) is 0 Å². The average molecular weight is 422 g/mol. The third-order valence-corrected chi connectivity index (χ3v) is 5.66. The number of halogens is 1. The van der Waals surface area contributed by atoms with Gasteiger partial charge in [0.25, 0.3) is 0 Å². The predicted octanol–water partition coefficient (Wildman–Crippen LogP) is 2.33. The molecule has 29 heavy (non-hydrogen) atoms. The quantitative estimate of drug-likeness (QED) is 0.740. The Morgan fingerprint density at radius 3 is 2.48 bits per heavy atom. The molecule has 9 heteroatoms. The Balaban J connectivity index is 1.71. The van der Waals surface area contributed by atoms with E-state index in [-0.39, 0.29) is 25.3 Å². The molecule has 0 aromatic heterocycles. The van der Waals surface area contributed by atoms with E-state index in [1.807, 2.05) is 12.1 Å². The molecule has 0 radical (unpaired) electrons. The second-order valence-corrected chi connectivity index (χ2v) is 8.56. The fourth-order valence-electron chi connectivity index (χ4n) is 3.14. The molecule has 0 spiro atoms. The van der Waals surface area contributed by atoms with Crippen molar-refractivity contribution in [3.63, 3.8) is 0 Å². The van der Waals surface area contributed by atoms with E-state index in [0.717, 1.165) is 22.7 Å². The van der Waals surface area contributed by atoms with E-state index < -0.39 is 33.9 Å². The largest absolute Gasteiger partial charge is 0.486 e. The van der Waals surface area contributed by atoms with Crippen molar-refractivity contribution >= 4 is 21.6 Å². The summed E-state index contributed by atoms with van der Waals surface area (Å²) in [5, 5.41) is 2.74. The summed E-state index contributed by atoms with van der Waals surface area (Å²) >= 11 is 0. The number of sulfonamides is 1. The molecule has 0 aliphatic carbocycles. The monoisotopic (exact) mass is 422 g/mol. The first-order valence-corrected chi connectivity index (χ1v) is 11.1. The van der Waals surface area contributed by atoms with Gasteiger partial charge in [-0.3, -0.25) is 9.10 Å². The number of para-hydroxylation sites is 2. The van der Waals surface area contributed by atoms with Crippen LogP contribution in [0.1, 0.15) is 13.3 Å². The summed E-state index contributed by atoms with van der Waals surface area (Å²) in [6.45, 7) is 2.13. The van der Waals surface area contributed by atoms with Crippen LogP contribution in [0, 0.1) is 5.82 Å². The Hall–Kier alpha value is -2.81. The molecule has 3 rings (SSSR count). The van der Waals surface area contributed by atoms with Crippen LogP contribution in [0.2, 0.25) is 0 Å². The third kappa shape index (κ3) is 4.97. The summed E-state index contributed by atoms with van der Waals surface area (Å²) in [7, 11) is -3.78. The molecule has 0 bridgehead atoms. The second-order valence-electron chi connectivity index (χ2n) is 6.70. The molecular formula is C20H23FN2O5S. The number of ether oxygens (including phenoxy) is 2. The molecule has 2 atom stereocenters. The lowest BCUT2D eigenvalue weighted by Crippen LogP contribution is -2.51. The molecule has 1 aliphatic rings. The topological polar surface area (TPSA) is 84.9 Å². The minimum absolute atomic E-state index is 0.157. The van der Waals surface area contributed by atoms with Gasteiger partial charge in [0, 0.05) is 0 Å². The second kappa shape index (κ2) is 8.69. The molecule has 1 N–H and O–H groups in total. The normalized spacial score (nSPS) is 16.7. The van der Waals surface area contributed by atoms with E-state index in [9.17, 15) is 17.6 Å². The van der Waals surface area contributed by atoms with Gasteiger partial charge in [-0.05, 0) is 42.8 Å². The number of fused-ring (bicyclic) bond motifs is 1. The van der Waals surface area contributed by atoms with Gasteiger partial charge in [-0.25, -0.2) is 12.8 Å². The summed E-state index contributed by atoms with van der Waals surface area (Å²) in [5.74, 6) is 0.273. The molecule has 2 aromatic carbocycles. The maximum absolute atomic E-state index is 13.2. The highest BCUT2D eigenvalue weighted by Gasteiger charge is 2.32. The molecule has 0 saturated heterocycles. The number of carbonyl (C=O) groups excluding carboxylic acids is 1. The minimum Gasteiger partial charge on any atom is -0.486 e. The van der Waals surface area contributed by atoms with Crippen molar-refractivity contribution in [3.05, 3.63) is 54.3 Å². The van der Waals surface area contributed by atoms with Gasteiger partial charge in [-0.1, -0.05) is 19.1 Å². The van der Waals surface area contributed by atoms with Crippen LogP contribution < -0.4 is 19.1 Å². The number of carbonyl (C=O) groups is 1. The van der Waals surface area contributed by atoms with Crippen LogP contribution in [0.4, 0.5) is 10.1 Å². The Morgan fingerprint density at radius 1 is 1.21 bits per heavy atom. The van der Waals surface area contributed by atoms with E-state index in [2.05, 4.69) is 5.32 Å². The number of benzene rings is 2. The van der Waals surface area contributed by atoms with E-state index in [1.165, 1.54) is 12.1 Å². The van der Waals surface area contributed by atoms with Gasteiger partial charge >= 0.3 is 0 Å². The fraction of sp³-hybridized carbons (Fsp3) is 0.350. The number of anilines is 1. The van der Waals surface area contributed by atoms with Crippen molar-refractivity contribution in [2.75, 3.05) is 23.7 Å². The smallest absolute Gasteiger partial charge is 0.244 e. The van der Waals surface area contributed by atoms with E-state index >= 15 is 0 Å². The maximum Gasteiger partial charge on any atom is 0.244 e. The van der Waals surface area contributed by atoms with E-state index in [4.69, 9.17) is 9.47 Å². The van der Waals surface area contributed by atoms with Gasteiger partial charge in [0.1, 0.15) is 24.6 Å². The molecule has 0 fully saturated rings. The van der Waals surface area contributed by atoms with Crippen LogP contribution in [0.3, 0.4) is 0 Å². The number of nitrogens with zero attached hydrogens (tertiary/aromatic N) is 1. The van der Waals surface area contributed by atoms with Gasteiger partial charge in [0.05, 0.1) is 18.5 Å². The minimum atomic E-state index is -3.78. The zero-order valence-corrected chi connectivity index (χ0v) is 17.0. The molecule has 0 unspecified atom stereocenters. The standard InChI is InChI=1S/C20H23FN2O5S/c1-3-17(23(29(2,25)26)15-10-8-14(21)9-11-15)20(24)22-12-16-13-27-18-6-4-5-7-19(18)28-16/h4-11,16-17H,3,12-13H2,1-2H3,(H,22,24)/t16-,17-/m1/s1. The lowest BCUT2D eigenvalue weighted by Gasteiger charge is -2.31. The first-order chi connectivity index (χ1) is 13.8. The first kappa shape index (κ1) is 20.9. The summed E-state index contributed by atoms with van der Waals surface area (Å²) in [4.78, 5) is 12.8. The molecule has 1 heterocycles. The Bertz CT molecular complexity index is 965. The molecule has 7 nitrogen and oxygen atoms in total. The van der Waals surface area contributed by atoms with Crippen LogP contribution >= 0.6 is 0 Å². The number of hydrogen-bond donors (Lipinski definition) is 1. The Morgan fingerprint density at radius 2 is 1.86 bits per heavy atom. The maximum atomic E-state index is 13.2. The van der Waals surface area contributed by atoms with Crippen molar-refractivity contribution in [2.24, 2.45) is 0 Å². The number of rotatable bonds is 7. The summed E-state index contributed by atoms with van der Waals surface area (Å²) in [6.07, 6.45) is 0.853. The van der Waals surface area contributed by atoms with E-state index in [0.29, 0.717) is 11.5 Å². The van der Waals surface area contributed by atoms with Crippen molar-refractivity contribution in [1.29, 1.82) is 0 Å². The van der Waals surface area contributed by atoms with Gasteiger partial charge in [0.15, 0.2) is 11.5 Å². The van der Waals surface area contributed by atoms with E-state index in [1.54, 1.807) is 19.1 Å². The zero-order valence-electron chi connectivity index (χ0n) is 16.2. The van der Waals surface area contributed by atoms with Gasteiger partial charge in [0.2, 0.25) is 15.9 Å². The van der Waals surface area contributed by atoms with Crippen LogP contribution in [0.25, 0.3) is 0 Å². The number of amides is 1. The van der Waals surface area contributed by atoms with Crippen molar-refractivity contribution in [1.82, 2.24) is 5.32 Å². The Labute approximate surface area is 169 Å². The van der Waals surface area contributed by atoms with Gasteiger partial charge in [-0.15, -0.1) is 0 Å². The highest BCUT2D eigenvalue weighted by atomic mass is 32.2. The van der Waals surface area contributed by atoms with Crippen molar-refractivity contribution < 1.29 is 27.1 Å². The summed E-state index contributed by atoms with van der Waals surface area (Å²) < 4.78 is 50.4.